The van der Waals surface area contributed by atoms with E-state index in [9.17, 15) is 9.59 Å². The second-order valence-corrected chi connectivity index (χ2v) is 7.85. The van der Waals surface area contributed by atoms with Crippen molar-refractivity contribution < 1.29 is 19.1 Å². The topological polar surface area (TPSA) is 67.9 Å². The quantitative estimate of drug-likeness (QED) is 0.467. The zero-order valence-corrected chi connectivity index (χ0v) is 19.5. The zero-order valence-electron chi connectivity index (χ0n) is 19.5. The highest BCUT2D eigenvalue weighted by molar-refractivity contribution is 5.90. The number of hydrogen-bond donors (Lipinski definition) is 1. The van der Waals surface area contributed by atoms with Gasteiger partial charge in [0.15, 0.2) is 6.61 Å². The number of rotatable bonds is 11. The molecule has 0 heterocycles. The average Bonchev–Trinajstić information content (AvgIpc) is 2.85. The van der Waals surface area contributed by atoms with E-state index in [1.54, 1.807) is 12.0 Å². The SMILES string of the molecule is CCCNC(=O)[C@@H](CC)N(Cc1cccc(OC)c1)C(=O)COc1cccc2ccccc12. The minimum absolute atomic E-state index is 0.152. The molecule has 0 aromatic heterocycles. The van der Waals surface area contributed by atoms with Gasteiger partial charge in [0.1, 0.15) is 17.5 Å². The van der Waals surface area contributed by atoms with Gasteiger partial charge in [-0.3, -0.25) is 9.59 Å². The van der Waals surface area contributed by atoms with Gasteiger partial charge in [-0.15, -0.1) is 0 Å². The van der Waals surface area contributed by atoms with Crippen molar-refractivity contribution in [2.24, 2.45) is 0 Å². The maximum atomic E-state index is 13.4. The van der Waals surface area contributed by atoms with Gasteiger partial charge in [-0.25, -0.2) is 0 Å². The lowest BCUT2D eigenvalue weighted by Crippen LogP contribution is -2.50. The largest absolute Gasteiger partial charge is 0.497 e. The molecule has 0 aliphatic carbocycles. The second-order valence-electron chi connectivity index (χ2n) is 7.85. The van der Waals surface area contributed by atoms with E-state index in [1.165, 1.54) is 0 Å². The van der Waals surface area contributed by atoms with Gasteiger partial charge < -0.3 is 19.7 Å². The molecule has 0 fully saturated rings. The maximum Gasteiger partial charge on any atom is 0.261 e. The van der Waals surface area contributed by atoms with Crippen LogP contribution < -0.4 is 14.8 Å². The fourth-order valence-corrected chi connectivity index (χ4v) is 3.80. The van der Waals surface area contributed by atoms with Crippen LogP contribution in [0.15, 0.2) is 66.7 Å². The van der Waals surface area contributed by atoms with Crippen LogP contribution in [0.25, 0.3) is 10.8 Å². The number of methoxy groups -OCH3 is 1. The number of nitrogens with zero attached hydrogens (tertiary/aromatic N) is 1. The lowest BCUT2D eigenvalue weighted by Gasteiger charge is -2.30. The first-order chi connectivity index (χ1) is 16.1. The normalized spacial score (nSPS) is 11.6. The van der Waals surface area contributed by atoms with Crippen LogP contribution in [0.1, 0.15) is 32.3 Å². The number of fused-ring (bicyclic) bond motifs is 1. The van der Waals surface area contributed by atoms with Crippen molar-refractivity contribution in [3.8, 4) is 11.5 Å². The molecule has 0 aliphatic heterocycles. The number of nitrogens with one attached hydrogen (secondary N) is 1. The Kier molecular flexibility index (Phi) is 8.70. The predicted octanol–water partition coefficient (Wildman–Crippen LogP) is 4.56. The molecule has 0 bridgehead atoms. The molecule has 0 unspecified atom stereocenters. The predicted molar refractivity (Wildman–Crippen MR) is 130 cm³/mol. The van der Waals surface area contributed by atoms with Gasteiger partial charge in [0.25, 0.3) is 5.91 Å². The molecule has 0 saturated carbocycles. The maximum absolute atomic E-state index is 13.4. The Hall–Kier alpha value is -3.54. The van der Waals surface area contributed by atoms with E-state index in [4.69, 9.17) is 9.47 Å². The minimum Gasteiger partial charge on any atom is -0.497 e. The van der Waals surface area contributed by atoms with E-state index in [2.05, 4.69) is 5.32 Å². The van der Waals surface area contributed by atoms with Gasteiger partial charge in [0.2, 0.25) is 5.91 Å². The van der Waals surface area contributed by atoms with Crippen LogP contribution in [0.4, 0.5) is 0 Å². The van der Waals surface area contributed by atoms with Crippen molar-refractivity contribution in [1.29, 1.82) is 0 Å². The van der Waals surface area contributed by atoms with Crippen molar-refractivity contribution in [3.05, 3.63) is 72.3 Å². The van der Waals surface area contributed by atoms with Gasteiger partial charge >= 0.3 is 0 Å². The first-order valence-corrected chi connectivity index (χ1v) is 11.4. The van der Waals surface area contributed by atoms with Crippen LogP contribution >= 0.6 is 0 Å². The Morgan fingerprint density at radius 3 is 2.52 bits per heavy atom. The molecule has 2 amide bonds. The smallest absolute Gasteiger partial charge is 0.261 e. The van der Waals surface area contributed by atoms with Crippen LogP contribution in [0.3, 0.4) is 0 Å². The van der Waals surface area contributed by atoms with Crippen LogP contribution in [-0.2, 0) is 16.1 Å². The molecular weight excluding hydrogens is 416 g/mol. The molecule has 3 aromatic carbocycles. The standard InChI is InChI=1S/C27H32N2O4/c1-4-16-28-27(31)24(5-2)29(18-20-10-8-13-22(17-20)32-3)26(30)19-33-25-15-9-12-21-11-6-7-14-23(21)25/h6-15,17,24H,4-5,16,18-19H2,1-3H3,(H,28,31)/t24-/m1/s1. The monoisotopic (exact) mass is 448 g/mol. The Bertz CT molecular complexity index is 1080. The number of carbonyl (C=O) groups is 2. The molecule has 0 aliphatic rings. The highest BCUT2D eigenvalue weighted by Gasteiger charge is 2.29. The van der Waals surface area contributed by atoms with E-state index in [-0.39, 0.29) is 25.0 Å². The Balaban J connectivity index is 1.83. The van der Waals surface area contributed by atoms with E-state index in [0.29, 0.717) is 24.5 Å². The molecule has 0 saturated heterocycles. The van der Waals surface area contributed by atoms with E-state index >= 15 is 0 Å². The number of amides is 2. The van der Waals surface area contributed by atoms with E-state index < -0.39 is 6.04 Å². The summed E-state index contributed by atoms with van der Waals surface area (Å²) in [6, 6.07) is 20.6. The average molecular weight is 449 g/mol. The van der Waals surface area contributed by atoms with Crippen LogP contribution in [0.5, 0.6) is 11.5 Å². The molecule has 1 atom stereocenters. The lowest BCUT2D eigenvalue weighted by molar-refractivity contribution is -0.142. The summed E-state index contributed by atoms with van der Waals surface area (Å²) in [4.78, 5) is 27.9. The molecule has 33 heavy (non-hydrogen) atoms. The van der Waals surface area contributed by atoms with Gasteiger partial charge in [0, 0.05) is 18.5 Å². The molecule has 3 rings (SSSR count). The third kappa shape index (κ3) is 6.25. The fraction of sp³-hybridized carbons (Fsp3) is 0.333. The fourth-order valence-electron chi connectivity index (χ4n) is 3.80. The molecule has 174 valence electrons. The molecule has 0 radical (unpaired) electrons. The van der Waals surface area contributed by atoms with Crippen molar-refractivity contribution in [2.75, 3.05) is 20.3 Å². The lowest BCUT2D eigenvalue weighted by atomic mass is 10.1. The third-order valence-corrected chi connectivity index (χ3v) is 5.52. The van der Waals surface area contributed by atoms with Crippen LogP contribution in [0, 0.1) is 0 Å². The van der Waals surface area contributed by atoms with E-state index in [0.717, 1.165) is 22.8 Å². The van der Waals surface area contributed by atoms with Crippen molar-refractivity contribution in [2.45, 2.75) is 39.3 Å². The second kappa shape index (κ2) is 11.9. The van der Waals surface area contributed by atoms with Crippen molar-refractivity contribution in [1.82, 2.24) is 10.2 Å². The first kappa shape index (κ1) is 24.1. The number of benzene rings is 3. The molecular formula is C27H32N2O4. The highest BCUT2D eigenvalue weighted by Crippen LogP contribution is 2.25. The summed E-state index contributed by atoms with van der Waals surface area (Å²) in [6.45, 7) is 4.61. The first-order valence-electron chi connectivity index (χ1n) is 11.4. The minimum atomic E-state index is -0.591. The highest BCUT2D eigenvalue weighted by atomic mass is 16.5. The zero-order chi connectivity index (χ0) is 23.6. The van der Waals surface area contributed by atoms with E-state index in [1.807, 2.05) is 80.6 Å². The summed E-state index contributed by atoms with van der Waals surface area (Å²) in [6.07, 6.45) is 1.33. The summed E-state index contributed by atoms with van der Waals surface area (Å²) >= 11 is 0. The number of hydrogen-bond acceptors (Lipinski definition) is 4. The Morgan fingerprint density at radius 1 is 1.00 bits per heavy atom. The van der Waals surface area contributed by atoms with Crippen LogP contribution in [0.2, 0.25) is 0 Å². The van der Waals surface area contributed by atoms with Crippen molar-refractivity contribution >= 4 is 22.6 Å². The molecule has 6 nitrogen and oxygen atoms in total. The van der Waals surface area contributed by atoms with Gasteiger partial charge in [0.05, 0.1) is 7.11 Å². The number of carbonyl (C=O) groups excluding carboxylic acids is 2. The van der Waals surface area contributed by atoms with Gasteiger partial charge in [-0.2, -0.15) is 0 Å². The Labute approximate surface area is 195 Å². The number of ether oxygens (including phenoxy) is 2. The molecule has 3 aromatic rings. The Morgan fingerprint density at radius 2 is 1.76 bits per heavy atom. The van der Waals surface area contributed by atoms with Crippen molar-refractivity contribution in [3.63, 3.8) is 0 Å². The summed E-state index contributed by atoms with van der Waals surface area (Å²) < 4.78 is 11.3. The summed E-state index contributed by atoms with van der Waals surface area (Å²) in [5, 5.41) is 4.91. The van der Waals surface area contributed by atoms with Gasteiger partial charge in [-0.05, 0) is 42.0 Å². The van der Waals surface area contributed by atoms with Crippen LogP contribution in [-0.4, -0.2) is 43.0 Å². The molecule has 6 heteroatoms. The molecule has 0 spiro atoms. The molecule has 1 N–H and O–H groups in total. The summed E-state index contributed by atoms with van der Waals surface area (Å²) in [5.74, 6) is 0.951. The van der Waals surface area contributed by atoms with Gasteiger partial charge in [-0.1, -0.05) is 62.4 Å². The third-order valence-electron chi connectivity index (χ3n) is 5.52. The summed E-state index contributed by atoms with van der Waals surface area (Å²) in [5.41, 5.74) is 0.884. The summed E-state index contributed by atoms with van der Waals surface area (Å²) in [7, 11) is 1.60.